The van der Waals surface area contributed by atoms with Gasteiger partial charge >= 0.3 is 5.69 Å². The number of rotatable bonds is 0. The fourth-order valence-corrected chi connectivity index (χ4v) is 3.17. The highest BCUT2D eigenvalue weighted by Gasteiger charge is 2.13. The Morgan fingerprint density at radius 1 is 1.16 bits per heavy atom. The third-order valence-electron chi connectivity index (χ3n) is 4.40. The van der Waals surface area contributed by atoms with Crippen molar-refractivity contribution in [3.05, 3.63) is 64.1 Å². The highest BCUT2D eigenvalue weighted by atomic mass is 16.5. The number of hydrogen-bond donors (Lipinski definition) is 2. The summed E-state index contributed by atoms with van der Waals surface area (Å²) >= 11 is 0. The molecule has 0 atom stereocenters. The van der Waals surface area contributed by atoms with Crippen LogP contribution in [0, 0.1) is 0 Å². The predicted octanol–water partition coefficient (Wildman–Crippen LogP) is 2.63. The molecule has 0 radical (unpaired) electrons. The van der Waals surface area contributed by atoms with Crippen LogP contribution in [0.2, 0.25) is 0 Å². The molecule has 0 saturated carbocycles. The lowest BCUT2D eigenvalue weighted by atomic mass is 10.1. The Hall–Kier alpha value is -3.02. The number of nitrogens with zero attached hydrogens (tertiary/aromatic N) is 2. The number of allylic oxidation sites excluding steroid dienone is 1. The molecule has 0 spiro atoms. The lowest BCUT2D eigenvalue weighted by Gasteiger charge is -2.08. The monoisotopic (exact) mass is 336 g/mol. The van der Waals surface area contributed by atoms with Gasteiger partial charge in [0.25, 0.3) is 0 Å². The predicted molar refractivity (Wildman–Crippen MR) is 97.9 cm³/mol. The number of aryl methyl sites for hydroxylation is 1. The molecule has 128 valence electrons. The summed E-state index contributed by atoms with van der Waals surface area (Å²) in [4.78, 5) is 19.5. The van der Waals surface area contributed by atoms with E-state index in [-0.39, 0.29) is 11.5 Å². The van der Waals surface area contributed by atoms with Gasteiger partial charge in [-0.2, -0.15) is 4.98 Å². The molecule has 4 bridgehead atoms. The molecule has 0 aliphatic carbocycles. The zero-order valence-electron chi connectivity index (χ0n) is 13.9. The largest absolute Gasteiger partial charge is 0.477 e. The molecule has 4 rings (SSSR count). The van der Waals surface area contributed by atoms with Crippen LogP contribution in [0.15, 0.2) is 47.3 Å². The van der Waals surface area contributed by atoms with Crippen molar-refractivity contribution in [1.82, 2.24) is 14.5 Å². The average molecular weight is 336 g/mol. The third kappa shape index (κ3) is 3.15. The molecule has 0 amide bonds. The van der Waals surface area contributed by atoms with Crippen LogP contribution in [-0.2, 0) is 13.0 Å². The lowest BCUT2D eigenvalue weighted by Crippen LogP contribution is -2.17. The van der Waals surface area contributed by atoms with Crippen molar-refractivity contribution in [2.24, 2.45) is 0 Å². The number of H-pyrrole nitrogens is 1. The maximum Gasteiger partial charge on any atom is 0.326 e. The van der Waals surface area contributed by atoms with E-state index in [1.165, 1.54) is 5.56 Å². The summed E-state index contributed by atoms with van der Waals surface area (Å²) in [6, 6.07) is 10.1. The van der Waals surface area contributed by atoms with Crippen LogP contribution in [0.25, 0.3) is 11.0 Å². The number of hydrogen-bond acceptors (Lipinski definition) is 4. The van der Waals surface area contributed by atoms with E-state index in [0.717, 1.165) is 24.8 Å². The standard InChI is InChI=1S/C19H20N4O2/c20-18-17-15-11-16(21-18)25-9-4-2-1-3-6-13-7-5-8-14(10-13)12-23(15)19(24)22-17/h1-2,5,7-8,10-11H,3-4,6,9,12H2,(H2,20,21)(H,22,24)/b2-1-. The maximum absolute atomic E-state index is 12.4. The fourth-order valence-electron chi connectivity index (χ4n) is 3.17. The molecular weight excluding hydrogens is 316 g/mol. The van der Waals surface area contributed by atoms with E-state index in [2.05, 4.69) is 34.3 Å². The van der Waals surface area contributed by atoms with Crippen molar-refractivity contribution >= 4 is 16.9 Å². The van der Waals surface area contributed by atoms with Gasteiger partial charge in [0.1, 0.15) is 5.52 Å². The molecule has 0 saturated heterocycles. The van der Waals surface area contributed by atoms with E-state index >= 15 is 0 Å². The van der Waals surface area contributed by atoms with E-state index < -0.39 is 0 Å². The minimum atomic E-state index is -0.197. The number of fused-ring (bicyclic) bond motifs is 3. The van der Waals surface area contributed by atoms with E-state index in [4.69, 9.17) is 10.5 Å². The molecule has 6 heteroatoms. The second-order valence-corrected chi connectivity index (χ2v) is 6.22. The number of nitrogens with one attached hydrogen (secondary N) is 1. The van der Waals surface area contributed by atoms with Gasteiger partial charge in [-0.3, -0.25) is 4.57 Å². The number of anilines is 1. The number of nitrogen functional groups attached to an aromatic ring is 1. The summed E-state index contributed by atoms with van der Waals surface area (Å²) in [6.07, 6.45) is 7.06. The van der Waals surface area contributed by atoms with Crippen LogP contribution in [0.4, 0.5) is 5.82 Å². The number of ether oxygens (including phenoxy) is 1. The molecule has 1 aromatic carbocycles. The van der Waals surface area contributed by atoms with Gasteiger partial charge in [-0.1, -0.05) is 36.4 Å². The number of imidazole rings is 1. The Balaban J connectivity index is 1.84. The molecular formula is C19H20N4O2. The quantitative estimate of drug-likeness (QED) is 0.618. The summed E-state index contributed by atoms with van der Waals surface area (Å²) < 4.78 is 7.39. The Morgan fingerprint density at radius 2 is 2.00 bits per heavy atom. The molecule has 1 aliphatic rings. The maximum atomic E-state index is 12.4. The van der Waals surface area contributed by atoms with Crippen molar-refractivity contribution in [2.75, 3.05) is 12.3 Å². The molecule has 0 unspecified atom stereocenters. The SMILES string of the molecule is Nc1nc2cc3c1[nH]c(=O)n3Cc1cccc(c1)CC/C=C\CCO2. The van der Waals surface area contributed by atoms with Crippen LogP contribution in [0.5, 0.6) is 5.88 Å². The van der Waals surface area contributed by atoms with Gasteiger partial charge in [-0.15, -0.1) is 0 Å². The van der Waals surface area contributed by atoms with E-state index in [9.17, 15) is 4.79 Å². The average Bonchev–Trinajstić information content (AvgIpc) is 2.90. The Bertz CT molecular complexity index is 1000. The second-order valence-electron chi connectivity index (χ2n) is 6.22. The topological polar surface area (TPSA) is 85.9 Å². The number of benzene rings is 1. The lowest BCUT2D eigenvalue weighted by molar-refractivity contribution is 0.313. The number of aromatic nitrogens is 3. The molecule has 0 fully saturated rings. The molecule has 3 N–H and O–H groups in total. The summed E-state index contributed by atoms with van der Waals surface area (Å²) in [5.74, 6) is 0.715. The first-order valence-corrected chi connectivity index (χ1v) is 8.45. The number of pyridine rings is 1. The van der Waals surface area contributed by atoms with Gasteiger partial charge in [0.05, 0.1) is 18.7 Å². The fraction of sp³-hybridized carbons (Fsp3) is 0.263. The van der Waals surface area contributed by atoms with Gasteiger partial charge in [0.15, 0.2) is 5.82 Å². The van der Waals surface area contributed by atoms with E-state index in [1.54, 1.807) is 10.6 Å². The number of aromatic amines is 1. The van der Waals surface area contributed by atoms with Gasteiger partial charge in [0, 0.05) is 6.07 Å². The van der Waals surface area contributed by atoms with Gasteiger partial charge < -0.3 is 15.5 Å². The minimum absolute atomic E-state index is 0.197. The van der Waals surface area contributed by atoms with E-state index in [1.807, 2.05) is 12.1 Å². The Kier molecular flexibility index (Phi) is 4.01. The van der Waals surface area contributed by atoms with Crippen LogP contribution >= 0.6 is 0 Å². The van der Waals surface area contributed by atoms with Crippen LogP contribution in [-0.4, -0.2) is 21.1 Å². The van der Waals surface area contributed by atoms with E-state index in [0.29, 0.717) is 30.1 Å². The molecule has 1 aliphatic heterocycles. The third-order valence-corrected chi connectivity index (χ3v) is 4.40. The first kappa shape index (κ1) is 15.5. The summed E-state index contributed by atoms with van der Waals surface area (Å²) in [5.41, 5.74) is 9.42. The Morgan fingerprint density at radius 3 is 2.92 bits per heavy atom. The molecule has 3 heterocycles. The van der Waals surface area contributed by atoms with Crippen molar-refractivity contribution in [3.63, 3.8) is 0 Å². The summed E-state index contributed by atoms with van der Waals surface area (Å²) in [6.45, 7) is 1.00. The number of nitrogens with two attached hydrogens (primary N) is 1. The van der Waals surface area contributed by atoms with Crippen LogP contribution in [0.1, 0.15) is 24.0 Å². The zero-order valence-corrected chi connectivity index (χ0v) is 13.9. The van der Waals surface area contributed by atoms with Crippen molar-refractivity contribution < 1.29 is 4.74 Å². The second kappa shape index (κ2) is 6.47. The van der Waals surface area contributed by atoms with Gasteiger partial charge in [-0.25, -0.2) is 4.79 Å². The minimum Gasteiger partial charge on any atom is -0.477 e. The molecule has 6 nitrogen and oxygen atoms in total. The highest BCUT2D eigenvalue weighted by Crippen LogP contribution is 2.22. The highest BCUT2D eigenvalue weighted by molar-refractivity contribution is 5.85. The van der Waals surface area contributed by atoms with Crippen LogP contribution in [0.3, 0.4) is 0 Å². The van der Waals surface area contributed by atoms with Crippen molar-refractivity contribution in [1.29, 1.82) is 0 Å². The molecule has 2 aromatic heterocycles. The van der Waals surface area contributed by atoms with Crippen LogP contribution < -0.4 is 16.2 Å². The van der Waals surface area contributed by atoms with Crippen molar-refractivity contribution in [3.8, 4) is 5.88 Å². The summed E-state index contributed by atoms with van der Waals surface area (Å²) in [5, 5.41) is 0. The first-order chi connectivity index (χ1) is 12.2. The molecule has 3 aromatic rings. The van der Waals surface area contributed by atoms with Gasteiger partial charge in [-0.05, 0) is 30.4 Å². The summed E-state index contributed by atoms with van der Waals surface area (Å²) in [7, 11) is 0. The Labute approximate surface area is 145 Å². The zero-order chi connectivity index (χ0) is 17.2. The smallest absolute Gasteiger partial charge is 0.326 e. The first-order valence-electron chi connectivity index (χ1n) is 8.45. The van der Waals surface area contributed by atoms with Crippen molar-refractivity contribution in [2.45, 2.75) is 25.8 Å². The van der Waals surface area contributed by atoms with Gasteiger partial charge in [0.2, 0.25) is 5.88 Å². The normalized spacial score (nSPS) is 16.2. The molecule has 25 heavy (non-hydrogen) atoms.